The van der Waals surface area contributed by atoms with Crippen LogP contribution in [-0.2, 0) is 6.42 Å². The van der Waals surface area contributed by atoms with Gasteiger partial charge in [0.1, 0.15) is 28.8 Å². The lowest BCUT2D eigenvalue weighted by atomic mass is 10.0. The van der Waals surface area contributed by atoms with Gasteiger partial charge in [0.05, 0.1) is 18.5 Å². The fourth-order valence-corrected chi connectivity index (χ4v) is 3.68. The van der Waals surface area contributed by atoms with Crippen LogP contribution in [-0.4, -0.2) is 70.8 Å². The quantitative estimate of drug-likeness (QED) is 0.612. The van der Waals surface area contributed by atoms with Crippen LogP contribution < -0.4 is 14.8 Å². The van der Waals surface area contributed by atoms with Crippen molar-refractivity contribution in [3.8, 4) is 11.5 Å². The van der Waals surface area contributed by atoms with E-state index in [9.17, 15) is 4.79 Å². The van der Waals surface area contributed by atoms with E-state index in [-0.39, 0.29) is 24.2 Å². The highest BCUT2D eigenvalue weighted by Gasteiger charge is 2.33. The number of benzene rings is 1. The van der Waals surface area contributed by atoms with Gasteiger partial charge in [-0.05, 0) is 26.6 Å². The number of aliphatic imine (C=N–C) groups is 1. The third-order valence-corrected chi connectivity index (χ3v) is 5.07. The summed E-state index contributed by atoms with van der Waals surface area (Å²) in [4.78, 5) is 18.6. The zero-order valence-corrected chi connectivity index (χ0v) is 16.6. The lowest BCUT2D eigenvalue weighted by molar-refractivity contribution is 0.0109. The van der Waals surface area contributed by atoms with E-state index in [1.807, 2.05) is 26.0 Å². The Kier molecular flexibility index (Phi) is 5.01. The summed E-state index contributed by atoms with van der Waals surface area (Å²) in [6, 6.07) is 3.75. The van der Waals surface area contributed by atoms with Gasteiger partial charge in [0, 0.05) is 37.7 Å². The van der Waals surface area contributed by atoms with E-state index in [0.717, 1.165) is 30.8 Å². The van der Waals surface area contributed by atoms with Crippen molar-refractivity contribution < 1.29 is 19.4 Å². The van der Waals surface area contributed by atoms with Gasteiger partial charge in [-0.1, -0.05) is 0 Å². The molecule has 2 aliphatic heterocycles. The molecule has 0 spiro atoms. The van der Waals surface area contributed by atoms with E-state index in [1.165, 1.54) is 6.20 Å². The van der Waals surface area contributed by atoms with Crippen molar-refractivity contribution in [2.24, 2.45) is 4.99 Å². The fraction of sp³-hybridized carbons (Fsp3) is 0.450. The summed E-state index contributed by atoms with van der Waals surface area (Å²) in [7, 11) is 0. The second-order valence-corrected chi connectivity index (χ2v) is 7.96. The number of likely N-dealkylation sites (tertiary alicyclic amines) is 1. The number of anilines is 1. The normalized spacial score (nSPS) is 17.9. The summed E-state index contributed by atoms with van der Waals surface area (Å²) < 4.78 is 12.2. The molecular weight excluding hydrogens is 374 g/mol. The summed E-state index contributed by atoms with van der Waals surface area (Å²) in [6.45, 7) is 9.71. The number of rotatable bonds is 7. The van der Waals surface area contributed by atoms with Gasteiger partial charge in [0.2, 0.25) is 0 Å². The molecule has 3 N–H and O–H groups in total. The van der Waals surface area contributed by atoms with Crippen LogP contribution in [0, 0.1) is 0 Å². The maximum absolute atomic E-state index is 12.8. The van der Waals surface area contributed by atoms with Gasteiger partial charge >= 0.3 is 0 Å². The topological polar surface area (TPSA) is 112 Å². The molecule has 1 amide bonds. The number of ether oxygens (including phenoxy) is 2. The lowest BCUT2D eigenvalue weighted by Gasteiger charge is -2.38. The molecule has 0 saturated carbocycles. The van der Waals surface area contributed by atoms with Gasteiger partial charge in [0.25, 0.3) is 5.91 Å². The summed E-state index contributed by atoms with van der Waals surface area (Å²) in [6.07, 6.45) is 2.15. The van der Waals surface area contributed by atoms with E-state index in [4.69, 9.17) is 14.6 Å². The predicted octanol–water partition coefficient (Wildman–Crippen LogP) is 1.76. The molecule has 3 heterocycles. The Morgan fingerprint density at radius 2 is 2.31 bits per heavy atom. The van der Waals surface area contributed by atoms with Crippen LogP contribution in [0.1, 0.15) is 29.8 Å². The monoisotopic (exact) mass is 399 g/mol. The number of hydrogen-bond donors (Lipinski definition) is 3. The van der Waals surface area contributed by atoms with Crippen LogP contribution in [0.25, 0.3) is 0 Å². The zero-order chi connectivity index (χ0) is 20.6. The van der Waals surface area contributed by atoms with E-state index in [1.54, 1.807) is 0 Å². The van der Waals surface area contributed by atoms with E-state index >= 15 is 0 Å². The van der Waals surface area contributed by atoms with Crippen LogP contribution in [0.15, 0.2) is 23.3 Å². The predicted molar refractivity (Wildman–Crippen MR) is 109 cm³/mol. The van der Waals surface area contributed by atoms with E-state index < -0.39 is 0 Å². The number of nitrogens with one attached hydrogen (secondary N) is 2. The van der Waals surface area contributed by atoms with E-state index in [2.05, 4.69) is 32.1 Å². The Bertz CT molecular complexity index is 933. The highest BCUT2D eigenvalue weighted by atomic mass is 16.5. The van der Waals surface area contributed by atoms with Crippen molar-refractivity contribution in [1.82, 2.24) is 15.1 Å². The number of nitrogens with zero attached hydrogens (tertiary/aromatic N) is 3. The Hall–Kier alpha value is -2.91. The first kappa shape index (κ1) is 19.4. The Labute approximate surface area is 168 Å². The number of hydrogen-bond acceptors (Lipinski definition) is 7. The number of β-amino-alcohol motifs (C(OH)–C–C–N with tert-alkyl or cyclic N) is 1. The summed E-state index contributed by atoms with van der Waals surface area (Å²) in [5.41, 5.74) is 1.59. The molecule has 0 aliphatic carbocycles. The third kappa shape index (κ3) is 3.96. The molecule has 1 fully saturated rings. The SMILES string of the molecule is C=Nc1[nH]ncc1C(=O)Nc1cc2c(cc1OC1CN(CCO)C1)OC(C)(C)C2. The van der Waals surface area contributed by atoms with Crippen molar-refractivity contribution in [3.63, 3.8) is 0 Å². The van der Waals surface area contributed by atoms with Crippen molar-refractivity contribution in [1.29, 1.82) is 0 Å². The van der Waals surface area contributed by atoms with Crippen molar-refractivity contribution in [2.45, 2.75) is 32.0 Å². The van der Waals surface area contributed by atoms with Crippen LogP contribution in [0.5, 0.6) is 11.5 Å². The molecule has 1 aromatic heterocycles. The molecule has 1 saturated heterocycles. The molecule has 0 unspecified atom stereocenters. The molecule has 0 bridgehead atoms. The molecule has 29 heavy (non-hydrogen) atoms. The highest BCUT2D eigenvalue weighted by molar-refractivity contribution is 6.07. The number of carbonyl (C=O) groups excluding carboxylic acids is 1. The highest BCUT2D eigenvalue weighted by Crippen LogP contribution is 2.42. The van der Waals surface area contributed by atoms with Crippen LogP contribution in [0.4, 0.5) is 11.5 Å². The first-order valence-corrected chi connectivity index (χ1v) is 9.56. The number of carbonyl (C=O) groups is 1. The minimum atomic E-state index is -0.348. The molecule has 2 aromatic rings. The average Bonchev–Trinajstić information content (AvgIpc) is 3.22. The molecule has 9 nitrogen and oxygen atoms in total. The second kappa shape index (κ2) is 7.49. The average molecular weight is 399 g/mol. The van der Waals surface area contributed by atoms with Crippen molar-refractivity contribution in [3.05, 3.63) is 29.5 Å². The molecule has 2 aliphatic rings. The number of aliphatic hydroxyl groups is 1. The third-order valence-electron chi connectivity index (χ3n) is 5.07. The Morgan fingerprint density at radius 1 is 1.52 bits per heavy atom. The molecule has 1 aromatic carbocycles. The lowest BCUT2D eigenvalue weighted by Crippen LogP contribution is -2.54. The zero-order valence-electron chi connectivity index (χ0n) is 16.6. The maximum atomic E-state index is 12.8. The summed E-state index contributed by atoms with van der Waals surface area (Å²) >= 11 is 0. The van der Waals surface area contributed by atoms with E-state index in [0.29, 0.717) is 29.4 Å². The maximum Gasteiger partial charge on any atom is 0.261 e. The minimum absolute atomic E-state index is 0.0102. The number of aromatic nitrogens is 2. The number of fused-ring (bicyclic) bond motifs is 1. The fourth-order valence-electron chi connectivity index (χ4n) is 3.68. The summed E-state index contributed by atoms with van der Waals surface area (Å²) in [5, 5.41) is 18.5. The Balaban J connectivity index is 1.58. The Morgan fingerprint density at radius 3 is 3.03 bits per heavy atom. The second-order valence-electron chi connectivity index (χ2n) is 7.96. The summed E-state index contributed by atoms with van der Waals surface area (Å²) in [5.74, 6) is 1.29. The first-order valence-electron chi connectivity index (χ1n) is 9.56. The van der Waals surface area contributed by atoms with Gasteiger partial charge in [-0.25, -0.2) is 4.99 Å². The number of H-pyrrole nitrogens is 1. The minimum Gasteiger partial charge on any atom is -0.487 e. The smallest absolute Gasteiger partial charge is 0.261 e. The van der Waals surface area contributed by atoms with Gasteiger partial charge in [-0.2, -0.15) is 5.10 Å². The number of aromatic amines is 1. The van der Waals surface area contributed by atoms with Gasteiger partial charge in [0.15, 0.2) is 5.82 Å². The molecule has 154 valence electrons. The molecule has 0 radical (unpaired) electrons. The standard InChI is InChI=1S/C20H25N5O4/c1-20(2)8-12-6-15(23-19(27)14-9-22-24-18(14)21-3)17(7-16(12)29-20)28-13-10-25(11-13)4-5-26/h6-7,9,13,26H,3-5,8,10-11H2,1-2H3,(H,22,24)(H,23,27). The molecule has 9 heteroatoms. The van der Waals surface area contributed by atoms with Crippen LogP contribution in [0.2, 0.25) is 0 Å². The van der Waals surface area contributed by atoms with Crippen molar-refractivity contribution >= 4 is 24.1 Å². The first-order chi connectivity index (χ1) is 13.9. The van der Waals surface area contributed by atoms with Gasteiger partial charge < -0.3 is 19.9 Å². The van der Waals surface area contributed by atoms with Crippen LogP contribution in [0.3, 0.4) is 0 Å². The molecule has 0 atom stereocenters. The van der Waals surface area contributed by atoms with Crippen LogP contribution >= 0.6 is 0 Å². The number of aliphatic hydroxyl groups excluding tert-OH is 1. The molecular formula is C20H25N5O4. The van der Waals surface area contributed by atoms with Crippen molar-refractivity contribution in [2.75, 3.05) is 31.6 Å². The number of amides is 1. The van der Waals surface area contributed by atoms with Gasteiger partial charge in [-0.3, -0.25) is 14.8 Å². The largest absolute Gasteiger partial charge is 0.487 e. The van der Waals surface area contributed by atoms with Gasteiger partial charge in [-0.15, -0.1) is 0 Å². The molecule has 4 rings (SSSR count).